The molecule has 3 saturated heterocycles. The van der Waals surface area contributed by atoms with E-state index in [9.17, 15) is 54.6 Å². The minimum Gasteiger partial charge on any atom is -0.392 e. The molecule has 6 heterocycles. The number of benzene rings is 3. The van der Waals surface area contributed by atoms with Crippen LogP contribution in [0.2, 0.25) is 15.1 Å². The fraction of sp³-hybridized carbons (Fsp3) is 0.523. The Labute approximate surface area is 674 Å². The number of nitriles is 2. The van der Waals surface area contributed by atoms with Gasteiger partial charge in [0.2, 0.25) is 23.6 Å². The smallest absolute Gasteiger partial charge is 0.251 e. The monoisotopic (exact) mass is 1590 g/mol. The summed E-state index contributed by atoms with van der Waals surface area (Å²) >= 11 is 18.9. The van der Waals surface area contributed by atoms with E-state index in [1.807, 2.05) is 85.2 Å². The summed E-state index contributed by atoms with van der Waals surface area (Å²) in [5.41, 5.74) is 6.17. The van der Waals surface area contributed by atoms with E-state index in [0.717, 1.165) is 107 Å². The molecule has 12 rings (SSSR count). The highest BCUT2D eigenvalue weighted by molar-refractivity contribution is 6.31. The molecule has 3 aliphatic carbocycles. The van der Waals surface area contributed by atoms with Crippen molar-refractivity contribution in [1.82, 2.24) is 46.0 Å². The predicted molar refractivity (Wildman–Crippen MR) is 435 cm³/mol. The van der Waals surface area contributed by atoms with Gasteiger partial charge in [-0.25, -0.2) is 0 Å². The van der Waals surface area contributed by atoms with Gasteiger partial charge in [0.1, 0.15) is 30.2 Å². The summed E-state index contributed by atoms with van der Waals surface area (Å²) in [6.45, 7) is 19.5. The highest BCUT2D eigenvalue weighted by atomic mass is 35.5. The van der Waals surface area contributed by atoms with Gasteiger partial charge in [-0.05, 0) is 132 Å². The van der Waals surface area contributed by atoms with Crippen LogP contribution in [0, 0.1) is 22.9 Å². The molecule has 7 N–H and O–H groups in total. The van der Waals surface area contributed by atoms with Crippen LogP contribution >= 0.6 is 34.8 Å². The number of carbonyl (C=O) groups is 6. The number of aliphatic hydroxyl groups is 3. The minimum absolute atomic E-state index is 0.0232. The number of β-amino-alcohol motifs (C(OH)–C–C–N with tert-alkyl or cyclic N) is 3. The first-order valence-electron chi connectivity index (χ1n) is 39.4. The maximum atomic E-state index is 14.2. The van der Waals surface area contributed by atoms with E-state index in [4.69, 9.17) is 34.8 Å². The Balaban J connectivity index is 0.000000178. The second-order valence-electron chi connectivity index (χ2n) is 33.7. The van der Waals surface area contributed by atoms with Gasteiger partial charge in [0, 0.05) is 108 Å². The quantitative estimate of drug-likeness (QED) is 0.0393. The van der Waals surface area contributed by atoms with Gasteiger partial charge in [0.05, 0.1) is 52.5 Å². The standard InChI is InChI=1S/2C29H36ClN5O3.C28H37ClN4O3/c2*1-29(2,3)20-9-11-23(12-10-20)35(28(38)25-14-24(36)17-34(25)18-31)26(19-13-21(30)16-32-15-19)27(37)33-22-7-5-4-6-8-22;1-28(2,3)19-9-11-22(12-10-19)33(27(36)24-14-23(34)17-31-24)25(18-13-20(29)16-30-15-18)26(35)32-21-7-5-4-6-8-21/h2*9-13,15-16,22,24-26,36H,4-8,14,17H2,1-3H3,(H,33,37);9-13,15-16,21,23-25,31,34H,4-8,14,17H2,1-3H3,(H,32,35)/t2*24-,25-,26?;23-,24-,25?/m111/s1. The zero-order valence-electron chi connectivity index (χ0n) is 65.8. The van der Waals surface area contributed by atoms with E-state index in [-0.39, 0.29) is 83.9 Å². The molecule has 3 saturated carbocycles. The van der Waals surface area contributed by atoms with Gasteiger partial charge >= 0.3 is 0 Å². The van der Waals surface area contributed by atoms with Crippen LogP contribution in [0.25, 0.3) is 0 Å². The molecule has 3 aromatic heterocycles. The molecule has 26 heteroatoms. The number of aliphatic hydroxyl groups excluding tert-OH is 3. The zero-order chi connectivity index (χ0) is 80.8. The van der Waals surface area contributed by atoms with Crippen LogP contribution < -0.4 is 36.0 Å². The number of hydrogen-bond acceptors (Lipinski definition) is 17. The van der Waals surface area contributed by atoms with E-state index in [1.54, 1.807) is 41.7 Å². The van der Waals surface area contributed by atoms with Crippen molar-refractivity contribution in [3.05, 3.63) is 177 Å². The van der Waals surface area contributed by atoms with E-state index < -0.39 is 66.4 Å². The third kappa shape index (κ3) is 22.2. The fourth-order valence-electron chi connectivity index (χ4n) is 15.9. The van der Waals surface area contributed by atoms with E-state index >= 15 is 0 Å². The maximum absolute atomic E-state index is 14.2. The van der Waals surface area contributed by atoms with E-state index in [0.29, 0.717) is 61.8 Å². The first-order chi connectivity index (χ1) is 53.3. The lowest BCUT2D eigenvalue weighted by Crippen LogP contribution is -2.51. The molecule has 6 aromatic rings. The van der Waals surface area contributed by atoms with Crippen molar-refractivity contribution in [2.75, 3.05) is 34.3 Å². The molecule has 0 radical (unpaired) electrons. The molecule has 23 nitrogen and oxygen atoms in total. The van der Waals surface area contributed by atoms with Crippen LogP contribution in [0.15, 0.2) is 128 Å². The van der Waals surface area contributed by atoms with Crippen LogP contribution in [0.4, 0.5) is 17.1 Å². The Hall–Kier alpha value is -8.78. The van der Waals surface area contributed by atoms with Crippen molar-refractivity contribution in [3.8, 4) is 12.4 Å². The van der Waals surface area contributed by atoms with Crippen molar-refractivity contribution in [3.63, 3.8) is 0 Å². The molecule has 6 fully saturated rings. The molecule has 0 bridgehead atoms. The molecule has 3 aliphatic heterocycles. The average molecular weight is 1590 g/mol. The molecular formula is C86H109Cl3N14O9. The summed E-state index contributed by atoms with van der Waals surface area (Å²) in [6, 6.07) is 22.6. The summed E-state index contributed by atoms with van der Waals surface area (Å²) in [7, 11) is 0. The number of carbonyl (C=O) groups excluding carboxylic acids is 6. The van der Waals surface area contributed by atoms with E-state index in [1.165, 1.54) is 44.6 Å². The first-order valence-corrected chi connectivity index (χ1v) is 40.6. The molecule has 3 aromatic carbocycles. The molecular weight excluding hydrogens is 1480 g/mol. The van der Waals surface area contributed by atoms with Crippen LogP contribution in [0.1, 0.15) is 229 Å². The Morgan fingerprint density at radius 2 is 0.723 bits per heavy atom. The van der Waals surface area contributed by atoms with Crippen LogP contribution in [-0.4, -0.2) is 150 Å². The number of aromatic nitrogens is 3. The highest BCUT2D eigenvalue weighted by Crippen LogP contribution is 2.39. The topological polar surface area (TPSA) is 314 Å². The van der Waals surface area contributed by atoms with Gasteiger partial charge in [-0.15, -0.1) is 0 Å². The van der Waals surface area contributed by atoms with Crippen molar-refractivity contribution < 1.29 is 44.1 Å². The van der Waals surface area contributed by atoms with Gasteiger partial charge in [-0.1, -0.05) is 191 Å². The zero-order valence-corrected chi connectivity index (χ0v) is 68.1. The number of rotatable bonds is 18. The van der Waals surface area contributed by atoms with Crippen molar-refractivity contribution in [2.45, 2.75) is 267 Å². The Morgan fingerprint density at radius 3 is 0.973 bits per heavy atom. The van der Waals surface area contributed by atoms with Crippen LogP contribution in [0.3, 0.4) is 0 Å². The summed E-state index contributed by atoms with van der Waals surface area (Å²) in [5, 5.41) is 63.8. The lowest BCUT2D eigenvalue weighted by Gasteiger charge is -2.35. The fourth-order valence-corrected chi connectivity index (χ4v) is 16.4. The predicted octanol–water partition coefficient (Wildman–Crippen LogP) is 13.2. The maximum Gasteiger partial charge on any atom is 0.251 e. The molecule has 598 valence electrons. The number of hydrogen-bond donors (Lipinski definition) is 7. The molecule has 3 unspecified atom stereocenters. The van der Waals surface area contributed by atoms with Crippen molar-refractivity contribution in [1.29, 1.82) is 10.5 Å². The average Bonchev–Trinajstić information content (AvgIpc) is 1.07. The second kappa shape index (κ2) is 38.4. The number of nitrogens with zero attached hydrogens (tertiary/aromatic N) is 10. The summed E-state index contributed by atoms with van der Waals surface area (Å²) in [6.07, 6.45) is 26.7. The van der Waals surface area contributed by atoms with Gasteiger partial charge in [-0.2, -0.15) is 10.5 Å². The molecule has 0 spiro atoms. The number of amides is 6. The van der Waals surface area contributed by atoms with E-state index in [2.05, 4.69) is 98.5 Å². The lowest BCUT2D eigenvalue weighted by atomic mass is 9.87. The second-order valence-corrected chi connectivity index (χ2v) is 35.0. The lowest BCUT2D eigenvalue weighted by molar-refractivity contribution is -0.128. The molecule has 6 amide bonds. The van der Waals surface area contributed by atoms with Gasteiger partial charge in [-0.3, -0.25) is 68.2 Å². The normalized spacial score (nSPS) is 21.2. The number of pyridine rings is 3. The SMILES string of the molecule is CC(C)(C)c1ccc(N(C(=O)[C@H]2C[C@@H](O)CN2)C(C(=O)NC2CCCCC2)c2cncc(Cl)c2)cc1.CC(C)(C)c1ccc(N(C(=O)[C@H]2C[C@@H](O)CN2C#N)C(C(=O)NC2CCCCC2)c2cncc(Cl)c2)cc1.CC(C)(C)c1ccc(N(C(=O)[C@H]2C[C@@H](O)CN2C#N)C(C(=O)NC2CCCCC2)c2cncc(Cl)c2)cc1. The third-order valence-electron chi connectivity index (χ3n) is 22.0. The summed E-state index contributed by atoms with van der Waals surface area (Å²) in [5.74, 6) is -2.03. The molecule has 112 heavy (non-hydrogen) atoms. The van der Waals surface area contributed by atoms with Crippen molar-refractivity contribution in [2.24, 2.45) is 0 Å². The summed E-state index contributed by atoms with van der Waals surface area (Å²) in [4.78, 5) is 104. The Kier molecular flexibility index (Phi) is 29.3. The van der Waals surface area contributed by atoms with Gasteiger partial charge in [0.15, 0.2) is 12.4 Å². The number of likely N-dealkylation sites (tertiary alicyclic amines) is 2. The minimum atomic E-state index is -1.06. The number of halogens is 3. The molecule has 9 atom stereocenters. The van der Waals surface area contributed by atoms with Crippen LogP contribution in [-0.2, 0) is 45.0 Å². The van der Waals surface area contributed by atoms with Gasteiger partial charge in [0.25, 0.3) is 11.8 Å². The number of anilines is 3. The van der Waals surface area contributed by atoms with Crippen molar-refractivity contribution >= 4 is 87.3 Å². The Bertz CT molecular complexity index is 4110. The number of nitrogens with one attached hydrogen (secondary N) is 4. The first kappa shape index (κ1) is 85.6. The summed E-state index contributed by atoms with van der Waals surface area (Å²) < 4.78 is 0. The largest absolute Gasteiger partial charge is 0.392 e. The Morgan fingerprint density at radius 1 is 0.438 bits per heavy atom. The van der Waals surface area contributed by atoms with Gasteiger partial charge < -0.3 is 36.6 Å². The highest BCUT2D eigenvalue weighted by Gasteiger charge is 2.46. The van der Waals surface area contributed by atoms with Crippen LogP contribution in [0.5, 0.6) is 0 Å². The third-order valence-corrected chi connectivity index (χ3v) is 22.7. The molecule has 6 aliphatic rings.